The Kier molecular flexibility index (Phi) is 5.06. The Bertz CT molecular complexity index is 867. The van der Waals surface area contributed by atoms with E-state index in [9.17, 15) is 14.4 Å². The Morgan fingerprint density at radius 2 is 2.04 bits per heavy atom. The minimum atomic E-state index is -0.464. The molecule has 1 aromatic heterocycles. The highest BCUT2D eigenvalue weighted by Crippen LogP contribution is 2.28. The van der Waals surface area contributed by atoms with Gasteiger partial charge < -0.3 is 19.2 Å². The van der Waals surface area contributed by atoms with Crippen molar-refractivity contribution in [2.24, 2.45) is 0 Å². The molecule has 1 aliphatic heterocycles. The molecule has 0 saturated heterocycles. The Morgan fingerprint density at radius 3 is 2.77 bits per heavy atom. The first-order valence-electron chi connectivity index (χ1n) is 8.24. The summed E-state index contributed by atoms with van der Waals surface area (Å²) in [4.78, 5) is 35.3. The molecule has 1 aliphatic rings. The van der Waals surface area contributed by atoms with Crippen molar-refractivity contribution in [3.05, 3.63) is 46.9 Å². The zero-order chi connectivity index (χ0) is 18.7. The molecule has 136 valence electrons. The number of hydrogen-bond acceptors (Lipinski definition) is 6. The number of aryl methyl sites for hydroxylation is 3. The number of ketones is 1. The van der Waals surface area contributed by atoms with Gasteiger partial charge >= 0.3 is 5.97 Å². The highest BCUT2D eigenvalue weighted by molar-refractivity contribution is 5.99. The van der Waals surface area contributed by atoms with E-state index in [1.54, 1.807) is 32.0 Å². The van der Waals surface area contributed by atoms with Crippen molar-refractivity contribution >= 4 is 23.3 Å². The van der Waals surface area contributed by atoms with E-state index in [0.717, 1.165) is 5.56 Å². The molecule has 1 amide bonds. The maximum Gasteiger partial charge on any atom is 0.306 e. The molecule has 0 unspecified atom stereocenters. The normalized spacial score (nSPS) is 12.8. The first-order chi connectivity index (χ1) is 12.4. The topological polar surface area (TPSA) is 94.8 Å². The minimum Gasteiger partial charge on any atom is -0.482 e. The van der Waals surface area contributed by atoms with Gasteiger partial charge in [-0.25, -0.2) is 0 Å². The monoisotopic (exact) mass is 357 g/mol. The van der Waals surface area contributed by atoms with Crippen LogP contribution < -0.4 is 10.1 Å². The van der Waals surface area contributed by atoms with Gasteiger partial charge in [-0.15, -0.1) is 0 Å². The van der Waals surface area contributed by atoms with Crippen molar-refractivity contribution in [2.75, 3.05) is 18.5 Å². The zero-order valence-electron chi connectivity index (χ0n) is 14.6. The summed E-state index contributed by atoms with van der Waals surface area (Å²) in [6.45, 7) is 3.14. The summed E-state index contributed by atoms with van der Waals surface area (Å²) in [6, 6.07) is 6.98. The van der Waals surface area contributed by atoms with Crippen molar-refractivity contribution < 1.29 is 28.3 Å². The molecule has 0 spiro atoms. The van der Waals surface area contributed by atoms with Gasteiger partial charge in [0, 0.05) is 6.42 Å². The van der Waals surface area contributed by atoms with E-state index in [1.165, 1.54) is 0 Å². The fourth-order valence-corrected chi connectivity index (χ4v) is 2.74. The van der Waals surface area contributed by atoms with Gasteiger partial charge in [0.05, 0.1) is 11.3 Å². The van der Waals surface area contributed by atoms with E-state index < -0.39 is 5.97 Å². The standard InChI is InChI=1S/C19H19NO6/c1-11-7-14(12(2)26-11)16(21)9-25-19(23)6-4-13-3-5-17-15(8-13)20-18(22)10-24-17/h3,5,7-8H,4,6,9-10H2,1-2H3,(H,20,22). The molecule has 7 nitrogen and oxygen atoms in total. The van der Waals surface area contributed by atoms with Crippen LogP contribution in [-0.2, 0) is 20.7 Å². The number of fused-ring (bicyclic) bond motifs is 1. The number of Topliss-reactive ketones (excluding diaryl/α,β-unsaturated/α-hetero) is 1. The minimum absolute atomic E-state index is 0.00234. The summed E-state index contributed by atoms with van der Waals surface area (Å²) in [5, 5.41) is 2.72. The predicted octanol–water partition coefficient (Wildman–Crippen LogP) is 2.59. The molecule has 7 heteroatoms. The van der Waals surface area contributed by atoms with E-state index in [-0.39, 0.29) is 31.3 Å². The van der Waals surface area contributed by atoms with Crippen LogP contribution in [0, 0.1) is 13.8 Å². The van der Waals surface area contributed by atoms with Crippen molar-refractivity contribution in [2.45, 2.75) is 26.7 Å². The maximum atomic E-state index is 12.1. The van der Waals surface area contributed by atoms with Crippen molar-refractivity contribution in [1.82, 2.24) is 0 Å². The van der Waals surface area contributed by atoms with Crippen LogP contribution in [0.4, 0.5) is 5.69 Å². The zero-order valence-corrected chi connectivity index (χ0v) is 14.6. The van der Waals surface area contributed by atoms with Gasteiger partial charge in [0.15, 0.2) is 13.2 Å². The molecule has 0 bridgehead atoms. The Labute approximate surface area is 150 Å². The quantitative estimate of drug-likeness (QED) is 0.631. The largest absolute Gasteiger partial charge is 0.482 e. The summed E-state index contributed by atoms with van der Waals surface area (Å²) >= 11 is 0. The van der Waals surface area contributed by atoms with Crippen molar-refractivity contribution in [1.29, 1.82) is 0 Å². The lowest BCUT2D eigenvalue weighted by Gasteiger charge is -2.18. The Morgan fingerprint density at radius 1 is 1.23 bits per heavy atom. The highest BCUT2D eigenvalue weighted by Gasteiger charge is 2.17. The van der Waals surface area contributed by atoms with Crippen LogP contribution in [0.5, 0.6) is 5.75 Å². The molecule has 2 aromatic rings. The molecule has 0 saturated carbocycles. The molecule has 26 heavy (non-hydrogen) atoms. The second-order valence-corrected chi connectivity index (χ2v) is 6.08. The molecule has 1 N–H and O–H groups in total. The van der Waals surface area contributed by atoms with Crippen molar-refractivity contribution in [3.8, 4) is 5.75 Å². The summed E-state index contributed by atoms with van der Waals surface area (Å²) < 4.78 is 15.6. The van der Waals surface area contributed by atoms with Gasteiger partial charge in [-0.1, -0.05) is 6.07 Å². The maximum absolute atomic E-state index is 12.1. The Balaban J connectivity index is 1.50. The summed E-state index contributed by atoms with van der Waals surface area (Å²) in [5.41, 5.74) is 1.88. The smallest absolute Gasteiger partial charge is 0.306 e. The summed E-state index contributed by atoms with van der Waals surface area (Å²) in [7, 11) is 0. The molecular weight excluding hydrogens is 338 g/mol. The van der Waals surface area contributed by atoms with Gasteiger partial charge in [0.1, 0.15) is 17.3 Å². The molecule has 0 atom stereocenters. The SMILES string of the molecule is Cc1cc(C(=O)COC(=O)CCc2ccc3c(c2)NC(=O)CO3)c(C)o1. The third kappa shape index (κ3) is 4.11. The lowest BCUT2D eigenvalue weighted by molar-refractivity contribution is -0.142. The second-order valence-electron chi connectivity index (χ2n) is 6.08. The Hall–Kier alpha value is -3.09. The summed E-state index contributed by atoms with van der Waals surface area (Å²) in [6.07, 6.45) is 0.560. The number of amides is 1. The first kappa shape index (κ1) is 17.7. The van der Waals surface area contributed by atoms with Gasteiger partial charge in [-0.05, 0) is 44.0 Å². The van der Waals surface area contributed by atoms with Crippen molar-refractivity contribution in [3.63, 3.8) is 0 Å². The van der Waals surface area contributed by atoms with E-state index in [1.807, 2.05) is 6.07 Å². The van der Waals surface area contributed by atoms with E-state index in [4.69, 9.17) is 13.9 Å². The number of carbonyl (C=O) groups excluding carboxylic acids is 3. The molecule has 1 aromatic carbocycles. The molecule has 3 rings (SSSR count). The van der Waals surface area contributed by atoms with Gasteiger partial charge in [0.25, 0.3) is 5.91 Å². The number of carbonyl (C=O) groups is 3. The number of rotatable bonds is 6. The molecule has 0 fully saturated rings. The van der Waals surface area contributed by atoms with E-state index in [0.29, 0.717) is 34.9 Å². The lowest BCUT2D eigenvalue weighted by Crippen LogP contribution is -2.25. The number of hydrogen-bond donors (Lipinski definition) is 1. The van der Waals surface area contributed by atoms with Gasteiger partial charge in [-0.2, -0.15) is 0 Å². The fraction of sp³-hybridized carbons (Fsp3) is 0.316. The van der Waals surface area contributed by atoms with Crippen LogP contribution in [0.2, 0.25) is 0 Å². The average molecular weight is 357 g/mol. The molecule has 2 heterocycles. The highest BCUT2D eigenvalue weighted by atomic mass is 16.5. The second kappa shape index (κ2) is 7.43. The van der Waals surface area contributed by atoms with Crippen LogP contribution >= 0.6 is 0 Å². The first-order valence-corrected chi connectivity index (χ1v) is 8.24. The lowest BCUT2D eigenvalue weighted by atomic mass is 10.1. The van der Waals surface area contributed by atoms with Crippen LogP contribution in [-0.4, -0.2) is 30.9 Å². The van der Waals surface area contributed by atoms with Gasteiger partial charge in [0.2, 0.25) is 5.78 Å². The molecular formula is C19H19NO6. The number of ether oxygens (including phenoxy) is 2. The van der Waals surface area contributed by atoms with Crippen LogP contribution in [0.3, 0.4) is 0 Å². The summed E-state index contributed by atoms with van der Waals surface area (Å²) in [5.74, 6) is 0.794. The number of furan rings is 1. The predicted molar refractivity (Wildman–Crippen MR) is 92.4 cm³/mol. The van der Waals surface area contributed by atoms with E-state index in [2.05, 4.69) is 5.32 Å². The van der Waals surface area contributed by atoms with Gasteiger partial charge in [-0.3, -0.25) is 14.4 Å². The molecule has 0 aliphatic carbocycles. The average Bonchev–Trinajstić information content (AvgIpc) is 2.95. The number of nitrogens with one attached hydrogen (secondary N) is 1. The third-order valence-corrected chi connectivity index (χ3v) is 4.00. The number of esters is 1. The fourth-order valence-electron chi connectivity index (χ4n) is 2.74. The van der Waals surface area contributed by atoms with Crippen LogP contribution in [0.1, 0.15) is 33.9 Å². The van der Waals surface area contributed by atoms with Crippen LogP contribution in [0.25, 0.3) is 0 Å². The molecule has 0 radical (unpaired) electrons. The van der Waals surface area contributed by atoms with Crippen LogP contribution in [0.15, 0.2) is 28.7 Å². The number of benzene rings is 1. The number of anilines is 1. The third-order valence-electron chi connectivity index (χ3n) is 4.00. The van der Waals surface area contributed by atoms with E-state index >= 15 is 0 Å².